The zero-order chi connectivity index (χ0) is 18.2. The summed E-state index contributed by atoms with van der Waals surface area (Å²) in [5.41, 5.74) is 0.226. The maximum atomic E-state index is 13.2. The van der Waals surface area contributed by atoms with E-state index in [1.807, 2.05) is 0 Å². The lowest BCUT2D eigenvalue weighted by atomic mass is 10.0. The molecule has 130 valence electrons. The number of nitrogens with one attached hydrogen (secondary N) is 1. The molecule has 7 heteroatoms. The van der Waals surface area contributed by atoms with Gasteiger partial charge in [-0.15, -0.1) is 0 Å². The Balaban J connectivity index is 1.99. The van der Waals surface area contributed by atoms with Crippen LogP contribution < -0.4 is 0 Å². The number of aliphatic hydroxyl groups is 1. The largest absolute Gasteiger partial charge is 0.417 e. The summed E-state index contributed by atoms with van der Waals surface area (Å²) in [5.74, 6) is -0.352. The average Bonchev–Trinajstić information content (AvgIpc) is 3.03. The Labute approximate surface area is 141 Å². The van der Waals surface area contributed by atoms with Gasteiger partial charge < -0.3 is 10.1 Å². The monoisotopic (exact) mass is 350 g/mol. The summed E-state index contributed by atoms with van der Waals surface area (Å²) in [7, 11) is 0. The third kappa shape index (κ3) is 3.41. The van der Waals surface area contributed by atoms with E-state index in [1.54, 1.807) is 6.92 Å². The quantitative estimate of drug-likeness (QED) is 0.677. The summed E-state index contributed by atoms with van der Waals surface area (Å²) in [5, 5.41) is 10.4. The van der Waals surface area contributed by atoms with Crippen molar-refractivity contribution in [1.29, 1.82) is 0 Å². The minimum atomic E-state index is -4.51. The zero-order valence-corrected chi connectivity index (χ0v) is 13.1. The number of aliphatic hydroxyl groups excluding tert-OH is 1. The van der Waals surface area contributed by atoms with E-state index in [2.05, 4.69) is 9.97 Å². The van der Waals surface area contributed by atoms with E-state index < -0.39 is 23.7 Å². The smallest absolute Gasteiger partial charge is 0.380 e. The Bertz CT molecular complexity index is 902. The number of imidazole rings is 1. The van der Waals surface area contributed by atoms with E-state index in [1.165, 1.54) is 42.6 Å². The molecule has 1 aromatic heterocycles. The van der Waals surface area contributed by atoms with Gasteiger partial charge in [0.2, 0.25) is 0 Å². The first-order valence-corrected chi connectivity index (χ1v) is 7.43. The van der Waals surface area contributed by atoms with Crippen LogP contribution in [-0.4, -0.2) is 15.1 Å². The van der Waals surface area contributed by atoms with Crippen LogP contribution in [-0.2, 0) is 6.18 Å². The van der Waals surface area contributed by atoms with Crippen molar-refractivity contribution in [3.8, 4) is 11.3 Å². The second-order valence-electron chi connectivity index (χ2n) is 5.63. The number of H-pyrrole nitrogens is 1. The number of aryl methyl sites for hydroxylation is 1. The zero-order valence-electron chi connectivity index (χ0n) is 13.1. The molecule has 0 saturated heterocycles. The summed E-state index contributed by atoms with van der Waals surface area (Å²) >= 11 is 0. The molecular weight excluding hydrogens is 336 g/mol. The number of alkyl halides is 3. The van der Waals surface area contributed by atoms with Crippen molar-refractivity contribution in [3.63, 3.8) is 0 Å². The van der Waals surface area contributed by atoms with Gasteiger partial charge in [-0.05, 0) is 36.2 Å². The molecule has 0 spiro atoms. The standard InChI is InChI=1S/C18H14F4N2O/c1-10-8-11(19)6-7-12(10)16(25)17-23-9-15(24-17)13-4-2-3-5-14(13)18(20,21)22/h2-9,16,25H,1H3,(H,23,24). The van der Waals surface area contributed by atoms with Crippen LogP contribution in [0, 0.1) is 12.7 Å². The number of rotatable bonds is 3. The highest BCUT2D eigenvalue weighted by Crippen LogP contribution is 2.36. The molecule has 0 aliphatic heterocycles. The van der Waals surface area contributed by atoms with Crippen LogP contribution in [0.1, 0.15) is 28.6 Å². The molecule has 0 amide bonds. The first-order chi connectivity index (χ1) is 11.8. The second kappa shape index (κ2) is 6.33. The van der Waals surface area contributed by atoms with E-state index in [9.17, 15) is 22.7 Å². The summed E-state index contributed by atoms with van der Waals surface area (Å²) in [6.07, 6.45) is -4.47. The molecule has 0 radical (unpaired) electrons. The third-order valence-corrected chi connectivity index (χ3v) is 3.90. The molecule has 25 heavy (non-hydrogen) atoms. The molecule has 0 fully saturated rings. The third-order valence-electron chi connectivity index (χ3n) is 3.90. The van der Waals surface area contributed by atoms with Gasteiger partial charge in [0.1, 0.15) is 17.7 Å². The molecule has 3 aromatic rings. The lowest BCUT2D eigenvalue weighted by Gasteiger charge is -2.12. The van der Waals surface area contributed by atoms with E-state index in [4.69, 9.17) is 0 Å². The lowest BCUT2D eigenvalue weighted by molar-refractivity contribution is -0.137. The topological polar surface area (TPSA) is 48.9 Å². The van der Waals surface area contributed by atoms with Crippen LogP contribution >= 0.6 is 0 Å². The fourth-order valence-electron chi connectivity index (χ4n) is 2.67. The molecule has 0 bridgehead atoms. The number of aromatic amines is 1. The number of hydrogen-bond acceptors (Lipinski definition) is 2. The predicted molar refractivity (Wildman–Crippen MR) is 84.2 cm³/mol. The number of nitrogens with zero attached hydrogens (tertiary/aromatic N) is 1. The Morgan fingerprint density at radius 2 is 1.84 bits per heavy atom. The predicted octanol–water partition coefficient (Wildman–Crippen LogP) is 4.62. The Hall–Kier alpha value is -2.67. The fourth-order valence-corrected chi connectivity index (χ4v) is 2.67. The van der Waals surface area contributed by atoms with Gasteiger partial charge >= 0.3 is 6.18 Å². The van der Waals surface area contributed by atoms with E-state index in [0.29, 0.717) is 11.1 Å². The van der Waals surface area contributed by atoms with Crippen LogP contribution in [0.5, 0.6) is 0 Å². The molecule has 2 aromatic carbocycles. The normalized spacial score (nSPS) is 13.0. The molecule has 1 heterocycles. The van der Waals surface area contributed by atoms with Crippen molar-refractivity contribution in [1.82, 2.24) is 9.97 Å². The molecule has 1 atom stereocenters. The van der Waals surface area contributed by atoms with Gasteiger partial charge in [0.05, 0.1) is 17.5 Å². The first kappa shape index (κ1) is 17.2. The van der Waals surface area contributed by atoms with Gasteiger partial charge in [-0.1, -0.05) is 24.3 Å². The SMILES string of the molecule is Cc1cc(F)ccc1C(O)c1ncc(-c2ccccc2C(F)(F)F)[nH]1. The van der Waals surface area contributed by atoms with Crippen LogP contribution in [0.25, 0.3) is 11.3 Å². The Kier molecular flexibility index (Phi) is 4.34. The van der Waals surface area contributed by atoms with E-state index >= 15 is 0 Å². The van der Waals surface area contributed by atoms with Crippen molar-refractivity contribution in [2.75, 3.05) is 0 Å². The van der Waals surface area contributed by atoms with Gasteiger partial charge in [-0.25, -0.2) is 9.37 Å². The summed E-state index contributed by atoms with van der Waals surface area (Å²) < 4.78 is 52.6. The van der Waals surface area contributed by atoms with Crippen molar-refractivity contribution in [3.05, 3.63) is 77.0 Å². The van der Waals surface area contributed by atoms with Gasteiger partial charge in [0.15, 0.2) is 0 Å². The highest BCUT2D eigenvalue weighted by molar-refractivity contribution is 5.64. The fraction of sp³-hybridized carbons (Fsp3) is 0.167. The average molecular weight is 350 g/mol. The summed E-state index contributed by atoms with van der Waals surface area (Å²) in [4.78, 5) is 6.72. The summed E-state index contributed by atoms with van der Waals surface area (Å²) in [6, 6.07) is 8.99. The van der Waals surface area contributed by atoms with Gasteiger partial charge in [0, 0.05) is 5.56 Å². The Morgan fingerprint density at radius 3 is 2.52 bits per heavy atom. The van der Waals surface area contributed by atoms with Crippen molar-refractivity contribution >= 4 is 0 Å². The van der Waals surface area contributed by atoms with Crippen LogP contribution in [0.15, 0.2) is 48.7 Å². The minimum Gasteiger partial charge on any atom is -0.380 e. The number of benzene rings is 2. The molecule has 2 N–H and O–H groups in total. The molecule has 0 aliphatic carbocycles. The maximum absolute atomic E-state index is 13.2. The molecule has 0 aliphatic rings. The summed E-state index contributed by atoms with van der Waals surface area (Å²) in [6.45, 7) is 1.63. The molecule has 1 unspecified atom stereocenters. The highest BCUT2D eigenvalue weighted by atomic mass is 19.4. The van der Waals surface area contributed by atoms with Crippen molar-refractivity contribution in [2.24, 2.45) is 0 Å². The van der Waals surface area contributed by atoms with E-state index in [-0.39, 0.29) is 17.1 Å². The Morgan fingerprint density at radius 1 is 1.12 bits per heavy atom. The maximum Gasteiger partial charge on any atom is 0.417 e. The highest BCUT2D eigenvalue weighted by Gasteiger charge is 2.33. The molecule has 3 rings (SSSR count). The van der Waals surface area contributed by atoms with Gasteiger partial charge in [-0.2, -0.15) is 13.2 Å². The van der Waals surface area contributed by atoms with Crippen LogP contribution in [0.4, 0.5) is 17.6 Å². The first-order valence-electron chi connectivity index (χ1n) is 7.43. The number of halogens is 4. The van der Waals surface area contributed by atoms with Gasteiger partial charge in [-0.3, -0.25) is 0 Å². The molecule has 0 saturated carbocycles. The number of hydrogen-bond donors (Lipinski definition) is 2. The van der Waals surface area contributed by atoms with Crippen molar-refractivity contribution in [2.45, 2.75) is 19.2 Å². The minimum absolute atomic E-state index is 0.0585. The lowest BCUT2D eigenvalue weighted by Crippen LogP contribution is -2.07. The van der Waals surface area contributed by atoms with E-state index in [0.717, 1.165) is 6.07 Å². The van der Waals surface area contributed by atoms with Gasteiger partial charge in [0.25, 0.3) is 0 Å². The van der Waals surface area contributed by atoms with Crippen molar-refractivity contribution < 1.29 is 22.7 Å². The molecular formula is C18H14F4N2O. The number of aromatic nitrogens is 2. The second-order valence-corrected chi connectivity index (χ2v) is 5.63. The molecule has 3 nitrogen and oxygen atoms in total. The van der Waals surface area contributed by atoms with Crippen LogP contribution in [0.3, 0.4) is 0 Å². The van der Waals surface area contributed by atoms with Crippen LogP contribution in [0.2, 0.25) is 0 Å².